The normalized spacial score (nSPS) is 21.1. The zero-order chi connectivity index (χ0) is 16.1. The van der Waals surface area contributed by atoms with Crippen molar-refractivity contribution in [1.29, 1.82) is 0 Å². The molecular weight excluding hydrogens is 292 g/mol. The Bertz CT molecular complexity index is 641. The van der Waals surface area contributed by atoms with Crippen molar-refractivity contribution in [3.63, 3.8) is 0 Å². The van der Waals surface area contributed by atoms with E-state index in [-0.39, 0.29) is 11.9 Å². The van der Waals surface area contributed by atoms with Crippen LogP contribution in [-0.4, -0.2) is 38.5 Å². The van der Waals surface area contributed by atoms with E-state index in [1.165, 1.54) is 6.42 Å². The number of pyridine rings is 1. The number of aromatic nitrogens is 4. The molecule has 3 rings (SSSR count). The van der Waals surface area contributed by atoms with Gasteiger partial charge in [0, 0.05) is 12.2 Å². The molecule has 7 nitrogen and oxygen atoms in total. The van der Waals surface area contributed by atoms with Gasteiger partial charge in [0.15, 0.2) is 5.69 Å². The summed E-state index contributed by atoms with van der Waals surface area (Å²) in [6.45, 7) is 1.10. The van der Waals surface area contributed by atoms with Crippen LogP contribution < -0.4 is 11.1 Å². The van der Waals surface area contributed by atoms with Crippen LogP contribution in [0.5, 0.6) is 0 Å². The molecule has 2 aromatic heterocycles. The molecule has 122 valence electrons. The lowest BCUT2D eigenvalue weighted by Crippen LogP contribution is -2.44. The number of hydrogen-bond acceptors (Lipinski definition) is 5. The van der Waals surface area contributed by atoms with E-state index in [0.29, 0.717) is 24.7 Å². The maximum Gasteiger partial charge on any atom is 0.273 e. The zero-order valence-electron chi connectivity index (χ0n) is 13.1. The topological polar surface area (TPSA) is 98.7 Å². The van der Waals surface area contributed by atoms with E-state index >= 15 is 0 Å². The Balaban J connectivity index is 1.62. The van der Waals surface area contributed by atoms with E-state index in [1.54, 1.807) is 17.1 Å². The number of carbonyl (C=O) groups is 1. The van der Waals surface area contributed by atoms with Crippen LogP contribution in [0.4, 0.5) is 0 Å². The molecule has 0 radical (unpaired) electrons. The monoisotopic (exact) mass is 314 g/mol. The lowest BCUT2D eigenvalue weighted by atomic mass is 9.84. The van der Waals surface area contributed by atoms with Gasteiger partial charge in [0.1, 0.15) is 0 Å². The molecule has 0 spiro atoms. The third-order valence-corrected chi connectivity index (χ3v) is 4.35. The van der Waals surface area contributed by atoms with Crippen LogP contribution >= 0.6 is 0 Å². The molecule has 2 atom stereocenters. The van der Waals surface area contributed by atoms with Crippen molar-refractivity contribution < 1.29 is 4.79 Å². The van der Waals surface area contributed by atoms with Crippen molar-refractivity contribution in [3.8, 4) is 0 Å². The van der Waals surface area contributed by atoms with Crippen LogP contribution in [-0.2, 0) is 6.54 Å². The van der Waals surface area contributed by atoms with E-state index in [4.69, 9.17) is 5.73 Å². The molecule has 1 fully saturated rings. The van der Waals surface area contributed by atoms with Gasteiger partial charge in [-0.25, -0.2) is 4.68 Å². The Hall–Kier alpha value is -2.28. The first kappa shape index (κ1) is 15.6. The van der Waals surface area contributed by atoms with Crippen molar-refractivity contribution in [3.05, 3.63) is 42.0 Å². The van der Waals surface area contributed by atoms with Gasteiger partial charge in [-0.3, -0.25) is 9.78 Å². The number of nitrogens with two attached hydrogens (primary N) is 1. The van der Waals surface area contributed by atoms with E-state index in [2.05, 4.69) is 20.6 Å². The summed E-state index contributed by atoms with van der Waals surface area (Å²) in [5.74, 6) is 0.180. The Morgan fingerprint density at radius 1 is 1.35 bits per heavy atom. The molecule has 2 aromatic rings. The predicted molar refractivity (Wildman–Crippen MR) is 85.6 cm³/mol. The minimum Gasteiger partial charge on any atom is -0.348 e. The Kier molecular flexibility index (Phi) is 4.97. The maximum absolute atomic E-state index is 12.4. The Morgan fingerprint density at radius 3 is 3.00 bits per heavy atom. The van der Waals surface area contributed by atoms with Gasteiger partial charge in [-0.05, 0) is 37.4 Å². The van der Waals surface area contributed by atoms with Gasteiger partial charge in [-0.1, -0.05) is 24.1 Å². The van der Waals surface area contributed by atoms with Crippen molar-refractivity contribution in [1.82, 2.24) is 25.3 Å². The molecular formula is C16H22N6O. The van der Waals surface area contributed by atoms with E-state index in [9.17, 15) is 4.79 Å². The molecule has 2 unspecified atom stereocenters. The average Bonchev–Trinajstić information content (AvgIpc) is 3.05. The summed E-state index contributed by atoms with van der Waals surface area (Å²) >= 11 is 0. The molecule has 3 N–H and O–H groups in total. The van der Waals surface area contributed by atoms with E-state index in [0.717, 1.165) is 25.0 Å². The van der Waals surface area contributed by atoms with Crippen LogP contribution in [0.15, 0.2) is 30.6 Å². The molecule has 0 saturated heterocycles. The minimum absolute atomic E-state index is 0.141. The smallest absolute Gasteiger partial charge is 0.273 e. The number of carbonyl (C=O) groups excluding carboxylic acids is 1. The molecule has 23 heavy (non-hydrogen) atoms. The highest BCUT2D eigenvalue weighted by molar-refractivity contribution is 5.92. The quantitative estimate of drug-likeness (QED) is 0.857. The van der Waals surface area contributed by atoms with Crippen LogP contribution in [0.25, 0.3) is 0 Å². The van der Waals surface area contributed by atoms with Gasteiger partial charge in [0.2, 0.25) is 0 Å². The Labute approximate surface area is 135 Å². The number of hydrogen-bond donors (Lipinski definition) is 2. The van der Waals surface area contributed by atoms with Gasteiger partial charge in [-0.15, -0.1) is 5.10 Å². The standard InChI is InChI=1S/C16H22N6O/c17-9-12-5-1-2-7-14(12)19-16(23)15-11-22(21-20-15)10-13-6-3-4-8-18-13/h3-4,6,8,11-12,14H,1-2,5,7,9-10,17H2,(H,19,23). The van der Waals surface area contributed by atoms with Crippen LogP contribution in [0.2, 0.25) is 0 Å². The summed E-state index contributed by atoms with van der Waals surface area (Å²) in [6, 6.07) is 5.84. The first-order valence-corrected chi connectivity index (χ1v) is 8.07. The molecule has 1 amide bonds. The summed E-state index contributed by atoms with van der Waals surface area (Å²) in [6.07, 6.45) is 7.77. The highest BCUT2D eigenvalue weighted by Gasteiger charge is 2.26. The molecule has 2 heterocycles. The van der Waals surface area contributed by atoms with Crippen molar-refractivity contribution in [2.24, 2.45) is 11.7 Å². The SMILES string of the molecule is NCC1CCCCC1NC(=O)c1cn(Cc2ccccn2)nn1. The fraction of sp³-hybridized carbons (Fsp3) is 0.500. The number of nitrogens with one attached hydrogen (secondary N) is 1. The van der Waals surface area contributed by atoms with Gasteiger partial charge >= 0.3 is 0 Å². The molecule has 7 heteroatoms. The predicted octanol–water partition coefficient (Wildman–Crippen LogP) is 0.969. The minimum atomic E-state index is -0.178. The van der Waals surface area contributed by atoms with Crippen LogP contribution in [0, 0.1) is 5.92 Å². The summed E-state index contributed by atoms with van der Waals surface area (Å²) < 4.78 is 1.62. The van der Waals surface area contributed by atoms with Crippen LogP contribution in [0.3, 0.4) is 0 Å². The number of rotatable bonds is 5. The van der Waals surface area contributed by atoms with Crippen molar-refractivity contribution >= 4 is 5.91 Å². The summed E-state index contributed by atoms with van der Waals surface area (Å²) in [7, 11) is 0. The van der Waals surface area contributed by atoms with E-state index in [1.807, 2.05) is 18.2 Å². The fourth-order valence-corrected chi connectivity index (χ4v) is 3.06. The van der Waals surface area contributed by atoms with Crippen molar-refractivity contribution in [2.45, 2.75) is 38.3 Å². The summed E-state index contributed by atoms with van der Waals surface area (Å²) in [4.78, 5) is 16.6. The van der Waals surface area contributed by atoms with Crippen molar-refractivity contribution in [2.75, 3.05) is 6.54 Å². The summed E-state index contributed by atoms with van der Waals surface area (Å²) in [5, 5.41) is 11.0. The molecule has 0 bridgehead atoms. The number of nitrogens with zero attached hydrogens (tertiary/aromatic N) is 4. The van der Waals surface area contributed by atoms with Crippen LogP contribution in [0.1, 0.15) is 41.9 Å². The highest BCUT2D eigenvalue weighted by Crippen LogP contribution is 2.23. The molecule has 1 aliphatic rings. The fourth-order valence-electron chi connectivity index (χ4n) is 3.06. The highest BCUT2D eigenvalue weighted by atomic mass is 16.2. The maximum atomic E-state index is 12.4. The molecule has 1 saturated carbocycles. The lowest BCUT2D eigenvalue weighted by Gasteiger charge is -2.30. The van der Waals surface area contributed by atoms with Gasteiger partial charge < -0.3 is 11.1 Å². The van der Waals surface area contributed by atoms with Gasteiger partial charge in [0.05, 0.1) is 18.4 Å². The first-order chi connectivity index (χ1) is 11.3. The van der Waals surface area contributed by atoms with Gasteiger partial charge in [-0.2, -0.15) is 0 Å². The number of amides is 1. The average molecular weight is 314 g/mol. The first-order valence-electron chi connectivity index (χ1n) is 8.07. The molecule has 0 aromatic carbocycles. The second-order valence-corrected chi connectivity index (χ2v) is 5.98. The Morgan fingerprint density at radius 2 is 2.22 bits per heavy atom. The lowest BCUT2D eigenvalue weighted by molar-refractivity contribution is 0.0903. The van der Waals surface area contributed by atoms with Gasteiger partial charge in [0.25, 0.3) is 5.91 Å². The largest absolute Gasteiger partial charge is 0.348 e. The third kappa shape index (κ3) is 3.92. The molecule has 0 aliphatic heterocycles. The third-order valence-electron chi connectivity index (χ3n) is 4.35. The zero-order valence-corrected chi connectivity index (χ0v) is 13.1. The van der Waals surface area contributed by atoms with E-state index < -0.39 is 0 Å². The second kappa shape index (κ2) is 7.32. The second-order valence-electron chi connectivity index (χ2n) is 5.98. The molecule has 1 aliphatic carbocycles. The summed E-state index contributed by atoms with van der Waals surface area (Å²) in [5.41, 5.74) is 7.02.